The number of rotatable bonds is 4. The Morgan fingerprint density at radius 3 is 2.71 bits per heavy atom. The van der Waals surface area contributed by atoms with Crippen molar-refractivity contribution in [3.63, 3.8) is 0 Å². The highest BCUT2D eigenvalue weighted by Gasteiger charge is 2.50. The van der Waals surface area contributed by atoms with Gasteiger partial charge in [0.25, 0.3) is 5.91 Å². The number of aryl methyl sites for hydroxylation is 1. The molecule has 11 nitrogen and oxygen atoms in total. The lowest BCUT2D eigenvalue weighted by Crippen LogP contribution is -2.61. The lowest BCUT2D eigenvalue weighted by molar-refractivity contribution is -0.194. The van der Waals surface area contributed by atoms with Gasteiger partial charge in [-0.3, -0.25) is 9.69 Å². The molecule has 2 aromatic rings. The van der Waals surface area contributed by atoms with Crippen LogP contribution in [0.15, 0.2) is 18.3 Å². The molecule has 1 N–H and O–H groups in total. The summed E-state index contributed by atoms with van der Waals surface area (Å²) in [7, 11) is 0. The zero-order valence-corrected chi connectivity index (χ0v) is 18.0. The highest BCUT2D eigenvalue weighted by atomic mass is 16.6. The maximum absolute atomic E-state index is 13.1. The van der Waals surface area contributed by atoms with Crippen molar-refractivity contribution in [1.82, 2.24) is 20.0 Å². The number of esters is 1. The largest absolute Gasteiger partial charge is 0.458 e. The highest BCUT2D eigenvalue weighted by molar-refractivity contribution is 6.01. The molecule has 0 aliphatic carbocycles. The van der Waals surface area contributed by atoms with Gasteiger partial charge >= 0.3 is 5.97 Å². The molecule has 0 spiro atoms. The molecule has 0 unspecified atom stereocenters. The quantitative estimate of drug-likeness (QED) is 0.695. The van der Waals surface area contributed by atoms with E-state index in [1.54, 1.807) is 33.8 Å². The van der Waals surface area contributed by atoms with Crippen molar-refractivity contribution in [2.75, 3.05) is 18.1 Å². The summed E-state index contributed by atoms with van der Waals surface area (Å²) in [5.41, 5.74) is -1.70. The van der Waals surface area contributed by atoms with Crippen LogP contribution in [-0.2, 0) is 19.1 Å². The third-order valence-electron chi connectivity index (χ3n) is 4.56. The van der Waals surface area contributed by atoms with E-state index < -0.39 is 29.2 Å². The minimum atomic E-state index is -2.18. The third-order valence-corrected chi connectivity index (χ3v) is 4.56. The van der Waals surface area contributed by atoms with Gasteiger partial charge in [-0.05, 0) is 34.6 Å². The molecule has 31 heavy (non-hydrogen) atoms. The van der Waals surface area contributed by atoms with Gasteiger partial charge in [-0.2, -0.15) is 10.4 Å². The number of hydrogen-bond donors (Lipinski definition) is 1. The lowest BCUT2D eigenvalue weighted by atomic mass is 9.96. The van der Waals surface area contributed by atoms with Gasteiger partial charge in [0.05, 0.1) is 25.0 Å². The van der Waals surface area contributed by atoms with Crippen molar-refractivity contribution in [3.8, 4) is 11.8 Å². The van der Waals surface area contributed by atoms with Gasteiger partial charge in [-0.25, -0.2) is 9.48 Å². The smallest absolute Gasteiger partial charge is 0.341 e. The standard InChI is InChI=1S/C20H24N6O5/c1-12-8-15(24-26(12)14-9-13(10-21)23-22-11-14)25-6-7-30-16(17(25)27)20(5,29)18(28)31-19(2,3)4/h8-9,11,16,29H,6-7H2,1-5H3/t16-,20+/m0/s1. The first kappa shape index (κ1) is 22.3. The van der Waals surface area contributed by atoms with Crippen molar-refractivity contribution in [1.29, 1.82) is 5.26 Å². The van der Waals surface area contributed by atoms with Crippen molar-refractivity contribution >= 4 is 17.7 Å². The van der Waals surface area contributed by atoms with Crippen LogP contribution in [0.5, 0.6) is 0 Å². The molecule has 2 atom stereocenters. The predicted octanol–water partition coefficient (Wildman–Crippen LogP) is 0.667. The number of hydrogen-bond acceptors (Lipinski definition) is 9. The summed E-state index contributed by atoms with van der Waals surface area (Å²) in [6, 6.07) is 5.11. The fraction of sp³-hybridized carbons (Fsp3) is 0.500. The number of aromatic nitrogens is 4. The van der Waals surface area contributed by atoms with E-state index in [0.29, 0.717) is 17.2 Å². The molecule has 164 valence electrons. The molecule has 1 aliphatic rings. The van der Waals surface area contributed by atoms with Crippen LogP contribution < -0.4 is 4.90 Å². The van der Waals surface area contributed by atoms with E-state index in [2.05, 4.69) is 15.3 Å². The molecule has 11 heteroatoms. The molecule has 3 heterocycles. The van der Waals surface area contributed by atoms with E-state index in [1.807, 2.05) is 6.07 Å². The SMILES string of the molecule is Cc1cc(N2CCO[C@H]([C@@](C)(O)C(=O)OC(C)(C)C)C2=O)nn1-c1cnnc(C#N)c1. The summed E-state index contributed by atoms with van der Waals surface area (Å²) in [5.74, 6) is -1.25. The Labute approximate surface area is 179 Å². The summed E-state index contributed by atoms with van der Waals surface area (Å²) in [5, 5.41) is 31.7. The number of nitrogens with zero attached hydrogens (tertiary/aromatic N) is 6. The van der Waals surface area contributed by atoms with E-state index >= 15 is 0 Å². The van der Waals surface area contributed by atoms with E-state index in [1.165, 1.54) is 28.8 Å². The zero-order valence-electron chi connectivity index (χ0n) is 18.0. The Morgan fingerprint density at radius 2 is 2.06 bits per heavy atom. The Morgan fingerprint density at radius 1 is 1.35 bits per heavy atom. The van der Waals surface area contributed by atoms with Crippen molar-refractivity contribution in [2.45, 2.75) is 51.9 Å². The van der Waals surface area contributed by atoms with E-state index in [0.717, 1.165) is 0 Å². The molecule has 0 aromatic carbocycles. The fourth-order valence-corrected chi connectivity index (χ4v) is 3.08. The molecular formula is C20H24N6O5. The number of morpholine rings is 1. The number of carbonyl (C=O) groups excluding carboxylic acids is 2. The van der Waals surface area contributed by atoms with Crippen molar-refractivity contribution in [2.24, 2.45) is 0 Å². The van der Waals surface area contributed by atoms with Crippen LogP contribution in [0.4, 0.5) is 5.82 Å². The number of anilines is 1. The van der Waals surface area contributed by atoms with Crippen LogP contribution in [0.3, 0.4) is 0 Å². The van der Waals surface area contributed by atoms with Crippen LogP contribution in [0.2, 0.25) is 0 Å². The maximum Gasteiger partial charge on any atom is 0.341 e. The second-order valence-electron chi connectivity index (χ2n) is 8.36. The van der Waals surface area contributed by atoms with Crippen molar-refractivity contribution in [3.05, 3.63) is 29.7 Å². The van der Waals surface area contributed by atoms with Crippen LogP contribution in [0.25, 0.3) is 5.69 Å². The Kier molecular flexibility index (Phi) is 5.80. The first-order chi connectivity index (χ1) is 14.4. The molecule has 3 rings (SSSR count). The first-order valence-electron chi connectivity index (χ1n) is 9.62. The molecular weight excluding hydrogens is 404 g/mol. The second-order valence-corrected chi connectivity index (χ2v) is 8.36. The fourth-order valence-electron chi connectivity index (χ4n) is 3.08. The summed E-state index contributed by atoms with van der Waals surface area (Å²) in [4.78, 5) is 27.0. The molecule has 1 saturated heterocycles. The number of nitriles is 1. The Hall–Kier alpha value is -3.36. The topological polar surface area (TPSA) is 143 Å². The maximum atomic E-state index is 13.1. The van der Waals surface area contributed by atoms with Gasteiger partial charge in [0, 0.05) is 17.8 Å². The molecule has 0 bridgehead atoms. The molecule has 1 amide bonds. The van der Waals surface area contributed by atoms with Gasteiger partial charge in [0.15, 0.2) is 23.2 Å². The van der Waals surface area contributed by atoms with E-state index in [4.69, 9.17) is 14.7 Å². The third kappa shape index (κ3) is 4.55. The molecule has 1 aliphatic heterocycles. The highest BCUT2D eigenvalue weighted by Crippen LogP contribution is 2.27. The summed E-state index contributed by atoms with van der Waals surface area (Å²) in [6.07, 6.45) is -0.00340. The zero-order chi connectivity index (χ0) is 23.0. The van der Waals surface area contributed by atoms with Gasteiger partial charge in [0.2, 0.25) is 0 Å². The average molecular weight is 428 g/mol. The van der Waals surface area contributed by atoms with Gasteiger partial charge < -0.3 is 14.6 Å². The minimum absolute atomic E-state index is 0.0939. The second kappa shape index (κ2) is 8.05. The predicted molar refractivity (Wildman–Crippen MR) is 107 cm³/mol. The minimum Gasteiger partial charge on any atom is -0.458 e. The summed E-state index contributed by atoms with van der Waals surface area (Å²) >= 11 is 0. The van der Waals surface area contributed by atoms with Crippen LogP contribution >= 0.6 is 0 Å². The monoisotopic (exact) mass is 428 g/mol. The van der Waals surface area contributed by atoms with Crippen LogP contribution in [0.1, 0.15) is 39.1 Å². The van der Waals surface area contributed by atoms with E-state index in [-0.39, 0.29) is 18.8 Å². The number of amides is 1. The van der Waals surface area contributed by atoms with Gasteiger partial charge in [-0.15, -0.1) is 10.2 Å². The lowest BCUT2D eigenvalue weighted by Gasteiger charge is -2.38. The average Bonchev–Trinajstić information content (AvgIpc) is 3.08. The molecule has 2 aromatic heterocycles. The number of ether oxygens (including phenoxy) is 2. The van der Waals surface area contributed by atoms with E-state index in [9.17, 15) is 14.7 Å². The first-order valence-corrected chi connectivity index (χ1v) is 9.62. The number of aliphatic hydroxyl groups is 1. The number of carbonyl (C=O) groups is 2. The molecule has 0 radical (unpaired) electrons. The van der Waals surface area contributed by atoms with Crippen LogP contribution in [0, 0.1) is 18.3 Å². The van der Waals surface area contributed by atoms with Crippen molar-refractivity contribution < 1.29 is 24.2 Å². The Balaban J connectivity index is 1.88. The summed E-state index contributed by atoms with van der Waals surface area (Å²) in [6.45, 7) is 8.25. The summed E-state index contributed by atoms with van der Waals surface area (Å²) < 4.78 is 12.2. The molecule has 0 saturated carbocycles. The Bertz CT molecular complexity index is 1050. The van der Waals surface area contributed by atoms with Crippen LogP contribution in [-0.4, -0.2) is 67.4 Å². The van der Waals surface area contributed by atoms with Gasteiger partial charge in [-0.1, -0.05) is 0 Å². The normalized spacial score (nSPS) is 18.9. The molecule has 1 fully saturated rings. The van der Waals surface area contributed by atoms with Gasteiger partial charge in [0.1, 0.15) is 11.7 Å².